The highest BCUT2D eigenvalue weighted by atomic mass is 16.6. The van der Waals surface area contributed by atoms with Gasteiger partial charge < -0.3 is 20.2 Å². The van der Waals surface area contributed by atoms with Gasteiger partial charge in [0, 0.05) is 17.8 Å². The average molecular weight is 294 g/mol. The Morgan fingerprint density at radius 3 is 3.00 bits per heavy atom. The van der Waals surface area contributed by atoms with Crippen LogP contribution in [0.15, 0.2) is 12.1 Å². The first kappa shape index (κ1) is 15.7. The van der Waals surface area contributed by atoms with E-state index < -0.39 is 0 Å². The summed E-state index contributed by atoms with van der Waals surface area (Å²) in [5, 5.41) is 2.85. The molecular weight excluding hydrogens is 272 g/mol. The number of nitrogen functional groups attached to an aromatic ring is 1. The normalized spacial score (nSPS) is 18.3. The summed E-state index contributed by atoms with van der Waals surface area (Å²) < 4.78 is 10.8. The summed E-state index contributed by atoms with van der Waals surface area (Å²) in [7, 11) is 0. The number of rotatable bonds is 6. The third-order valence-corrected chi connectivity index (χ3v) is 3.17. The van der Waals surface area contributed by atoms with E-state index in [9.17, 15) is 4.79 Å². The first-order chi connectivity index (χ1) is 10.2. The van der Waals surface area contributed by atoms with Gasteiger partial charge in [0.1, 0.15) is 5.82 Å². The fraction of sp³-hybridized carbons (Fsp3) is 0.571. The minimum atomic E-state index is -0.166. The first-order valence-electron chi connectivity index (χ1n) is 7.18. The van der Waals surface area contributed by atoms with Crippen molar-refractivity contribution in [3.05, 3.63) is 23.4 Å². The molecule has 21 heavy (non-hydrogen) atoms. The van der Waals surface area contributed by atoms with Gasteiger partial charge in [-0.2, -0.15) is 0 Å². The van der Waals surface area contributed by atoms with Crippen molar-refractivity contribution in [3.8, 4) is 0 Å². The van der Waals surface area contributed by atoms with Crippen LogP contribution in [0.4, 0.5) is 5.82 Å². The summed E-state index contributed by atoms with van der Waals surface area (Å²) in [4.78, 5) is 16.5. The number of ether oxygens (including phenoxy) is 2. The Morgan fingerprint density at radius 2 is 2.33 bits per heavy atom. The van der Waals surface area contributed by atoms with Gasteiger partial charge in [-0.15, -0.1) is 0 Å². The predicted molar refractivity (Wildman–Crippen MR) is 78.9 cm³/mol. The highest BCUT2D eigenvalue weighted by Gasteiger charge is 2.16. The molecule has 1 aromatic heterocycles. The average Bonchev–Trinajstić information content (AvgIpc) is 2.53. The number of nitrogens with one attached hydrogen (secondary N) is 2. The number of carbonyl (C=O) groups is 1. The van der Waals surface area contributed by atoms with E-state index in [1.54, 1.807) is 12.1 Å². The molecule has 116 valence electrons. The van der Waals surface area contributed by atoms with Crippen molar-refractivity contribution in [1.29, 1.82) is 0 Å². The molecule has 0 saturated carbocycles. The van der Waals surface area contributed by atoms with Gasteiger partial charge in [-0.25, -0.2) is 10.8 Å². The second-order valence-electron chi connectivity index (χ2n) is 4.90. The molecule has 0 aliphatic carbocycles. The molecule has 7 heteroatoms. The lowest BCUT2D eigenvalue weighted by Crippen LogP contribution is -2.39. The number of nitrogens with two attached hydrogens (primary N) is 1. The summed E-state index contributed by atoms with van der Waals surface area (Å²) in [5.41, 5.74) is 3.87. The number of hydrogen-bond donors (Lipinski definition) is 3. The van der Waals surface area contributed by atoms with Crippen LogP contribution in [0.25, 0.3) is 0 Å². The van der Waals surface area contributed by atoms with Gasteiger partial charge in [0.25, 0.3) is 5.91 Å². The number of nitrogens with zero attached hydrogens (tertiary/aromatic N) is 1. The number of aryl methyl sites for hydroxylation is 1. The number of pyridine rings is 1. The van der Waals surface area contributed by atoms with Crippen LogP contribution in [0, 0.1) is 0 Å². The lowest BCUT2D eigenvalue weighted by molar-refractivity contribution is -0.0855. The van der Waals surface area contributed by atoms with Gasteiger partial charge in [-0.1, -0.05) is 13.3 Å². The molecule has 1 aromatic rings. The number of carbonyl (C=O) groups excluding carboxylic acids is 1. The summed E-state index contributed by atoms with van der Waals surface area (Å²) in [6.07, 6.45) is 1.66. The summed E-state index contributed by atoms with van der Waals surface area (Å²) in [6, 6.07) is 3.42. The minimum Gasteiger partial charge on any atom is -0.376 e. The standard InChI is InChI=1S/C14H22N4O3/c1-2-3-11-6-10(7-13(17-11)18-15)14(19)16-8-12-9-20-4-5-21-12/h6-7,12H,2-5,8-9,15H2,1H3,(H,16,19)(H,17,18). The SMILES string of the molecule is CCCc1cc(C(=O)NCC2COCCO2)cc(NN)n1. The Kier molecular flexibility index (Phi) is 5.91. The maximum Gasteiger partial charge on any atom is 0.251 e. The Labute approximate surface area is 124 Å². The monoisotopic (exact) mass is 294 g/mol. The number of hydrogen-bond acceptors (Lipinski definition) is 6. The van der Waals surface area contributed by atoms with Crippen molar-refractivity contribution in [3.63, 3.8) is 0 Å². The number of aromatic nitrogens is 1. The molecule has 0 spiro atoms. The smallest absolute Gasteiger partial charge is 0.251 e. The lowest BCUT2D eigenvalue weighted by atomic mass is 10.1. The van der Waals surface area contributed by atoms with E-state index in [2.05, 4.69) is 22.7 Å². The van der Waals surface area contributed by atoms with Gasteiger partial charge in [0.2, 0.25) is 0 Å². The van der Waals surface area contributed by atoms with Gasteiger partial charge in [0.15, 0.2) is 0 Å². The zero-order valence-corrected chi connectivity index (χ0v) is 12.2. The van der Waals surface area contributed by atoms with E-state index in [1.165, 1.54) is 0 Å². The lowest BCUT2D eigenvalue weighted by Gasteiger charge is -2.23. The van der Waals surface area contributed by atoms with Gasteiger partial charge >= 0.3 is 0 Å². The van der Waals surface area contributed by atoms with Crippen LogP contribution >= 0.6 is 0 Å². The zero-order chi connectivity index (χ0) is 15.1. The summed E-state index contributed by atoms with van der Waals surface area (Å²) in [5.74, 6) is 5.72. The maximum absolute atomic E-state index is 12.2. The largest absolute Gasteiger partial charge is 0.376 e. The molecule has 0 bridgehead atoms. The molecule has 1 aliphatic heterocycles. The van der Waals surface area contributed by atoms with Gasteiger partial charge in [-0.3, -0.25) is 4.79 Å². The molecule has 0 radical (unpaired) electrons. The molecule has 1 saturated heterocycles. The molecule has 2 rings (SSSR count). The molecule has 1 fully saturated rings. The fourth-order valence-corrected chi connectivity index (χ4v) is 2.14. The van der Waals surface area contributed by atoms with Crippen LogP contribution in [-0.4, -0.2) is 43.4 Å². The third kappa shape index (κ3) is 4.66. The van der Waals surface area contributed by atoms with Crippen molar-refractivity contribution >= 4 is 11.7 Å². The van der Waals surface area contributed by atoms with Crippen molar-refractivity contribution in [1.82, 2.24) is 10.3 Å². The topological polar surface area (TPSA) is 98.5 Å². The van der Waals surface area contributed by atoms with Crippen LogP contribution in [0.2, 0.25) is 0 Å². The first-order valence-corrected chi connectivity index (χ1v) is 7.18. The van der Waals surface area contributed by atoms with Crippen LogP contribution in [0.1, 0.15) is 29.4 Å². The molecular formula is C14H22N4O3. The highest BCUT2D eigenvalue weighted by molar-refractivity contribution is 5.95. The third-order valence-electron chi connectivity index (χ3n) is 3.17. The predicted octanol–water partition coefficient (Wildman–Crippen LogP) is 0.465. The van der Waals surface area contributed by atoms with E-state index in [0.717, 1.165) is 18.5 Å². The van der Waals surface area contributed by atoms with Gasteiger partial charge in [-0.05, 0) is 18.6 Å². The highest BCUT2D eigenvalue weighted by Crippen LogP contribution is 2.11. The molecule has 1 amide bonds. The second-order valence-corrected chi connectivity index (χ2v) is 4.90. The van der Waals surface area contributed by atoms with Crippen molar-refractivity contribution in [2.45, 2.75) is 25.9 Å². The van der Waals surface area contributed by atoms with Crippen LogP contribution < -0.4 is 16.6 Å². The van der Waals surface area contributed by atoms with Crippen LogP contribution in [0.3, 0.4) is 0 Å². The van der Waals surface area contributed by atoms with E-state index in [0.29, 0.717) is 37.7 Å². The zero-order valence-electron chi connectivity index (χ0n) is 12.2. The van der Waals surface area contributed by atoms with Crippen molar-refractivity contribution < 1.29 is 14.3 Å². The minimum absolute atomic E-state index is 0.0910. The van der Waals surface area contributed by atoms with E-state index >= 15 is 0 Å². The van der Waals surface area contributed by atoms with E-state index in [-0.39, 0.29) is 12.0 Å². The maximum atomic E-state index is 12.2. The summed E-state index contributed by atoms with van der Waals surface area (Å²) >= 11 is 0. The Bertz CT molecular complexity index is 475. The quantitative estimate of drug-likeness (QED) is 0.521. The molecule has 7 nitrogen and oxygen atoms in total. The molecule has 1 unspecified atom stereocenters. The van der Waals surface area contributed by atoms with Crippen molar-refractivity contribution in [2.75, 3.05) is 31.8 Å². The fourth-order valence-electron chi connectivity index (χ4n) is 2.14. The number of anilines is 1. The molecule has 4 N–H and O–H groups in total. The summed E-state index contributed by atoms with van der Waals surface area (Å²) in [6.45, 7) is 4.17. The number of hydrazine groups is 1. The number of amides is 1. The van der Waals surface area contributed by atoms with Gasteiger partial charge in [0.05, 0.1) is 25.9 Å². The Morgan fingerprint density at radius 1 is 1.48 bits per heavy atom. The molecule has 2 heterocycles. The molecule has 1 aliphatic rings. The second kappa shape index (κ2) is 7.92. The molecule has 1 atom stereocenters. The van der Waals surface area contributed by atoms with E-state index in [4.69, 9.17) is 15.3 Å². The Balaban J connectivity index is 1.98. The van der Waals surface area contributed by atoms with E-state index in [1.807, 2.05) is 0 Å². The van der Waals surface area contributed by atoms with Crippen molar-refractivity contribution in [2.24, 2.45) is 5.84 Å². The molecule has 0 aromatic carbocycles. The van der Waals surface area contributed by atoms with Crippen LogP contribution in [-0.2, 0) is 15.9 Å². The Hall–Kier alpha value is -1.70. The van der Waals surface area contributed by atoms with Crippen LogP contribution in [0.5, 0.6) is 0 Å².